The summed E-state index contributed by atoms with van der Waals surface area (Å²) in [7, 11) is 3.41. The lowest BCUT2D eigenvalue weighted by Crippen LogP contribution is -2.42. The lowest BCUT2D eigenvalue weighted by Gasteiger charge is -2.28. The number of rotatable bonds is 2. The molecular weight excluding hydrogens is 260 g/mol. The highest BCUT2D eigenvalue weighted by Gasteiger charge is 2.30. The van der Waals surface area contributed by atoms with Crippen LogP contribution < -0.4 is 5.32 Å². The van der Waals surface area contributed by atoms with E-state index in [1.54, 1.807) is 19.0 Å². The SMILES string of the molecule is CC(C)NC(=O)c1noc2c1CN(C(=O)N(C)C)CC2. The molecule has 0 bridgehead atoms. The fourth-order valence-corrected chi connectivity index (χ4v) is 2.16. The minimum atomic E-state index is -0.260. The van der Waals surface area contributed by atoms with E-state index in [2.05, 4.69) is 10.5 Å². The maximum Gasteiger partial charge on any atom is 0.319 e. The van der Waals surface area contributed by atoms with Gasteiger partial charge in [0.05, 0.1) is 6.54 Å². The minimum absolute atomic E-state index is 0.0259. The summed E-state index contributed by atoms with van der Waals surface area (Å²) >= 11 is 0. The van der Waals surface area contributed by atoms with Gasteiger partial charge >= 0.3 is 6.03 Å². The highest BCUT2D eigenvalue weighted by molar-refractivity contribution is 5.94. The third kappa shape index (κ3) is 2.76. The van der Waals surface area contributed by atoms with Crippen molar-refractivity contribution in [2.75, 3.05) is 20.6 Å². The molecule has 0 spiro atoms. The number of amides is 3. The summed E-state index contributed by atoms with van der Waals surface area (Å²) in [5.74, 6) is 0.436. The fraction of sp³-hybridized carbons (Fsp3) is 0.615. The summed E-state index contributed by atoms with van der Waals surface area (Å²) in [4.78, 5) is 27.2. The highest BCUT2D eigenvalue weighted by Crippen LogP contribution is 2.23. The van der Waals surface area contributed by atoms with Gasteiger partial charge in [-0.15, -0.1) is 0 Å². The van der Waals surface area contributed by atoms with Gasteiger partial charge in [0, 0.05) is 38.7 Å². The van der Waals surface area contributed by atoms with Crippen LogP contribution in [0.15, 0.2) is 4.52 Å². The van der Waals surface area contributed by atoms with Crippen molar-refractivity contribution < 1.29 is 14.1 Å². The van der Waals surface area contributed by atoms with Crippen LogP contribution in [0.25, 0.3) is 0 Å². The van der Waals surface area contributed by atoms with E-state index in [4.69, 9.17) is 4.52 Å². The van der Waals surface area contributed by atoms with Gasteiger partial charge in [0.15, 0.2) is 5.69 Å². The molecule has 110 valence electrons. The van der Waals surface area contributed by atoms with E-state index >= 15 is 0 Å². The van der Waals surface area contributed by atoms with E-state index in [0.717, 1.165) is 0 Å². The van der Waals surface area contributed by atoms with Gasteiger partial charge in [0.25, 0.3) is 5.91 Å². The van der Waals surface area contributed by atoms with E-state index in [0.29, 0.717) is 30.8 Å². The lowest BCUT2D eigenvalue weighted by molar-refractivity contribution is 0.0932. The number of aromatic nitrogens is 1. The molecule has 2 rings (SSSR count). The topological polar surface area (TPSA) is 78.7 Å². The van der Waals surface area contributed by atoms with Crippen molar-refractivity contribution in [1.82, 2.24) is 20.3 Å². The molecule has 20 heavy (non-hydrogen) atoms. The van der Waals surface area contributed by atoms with E-state index in [-0.39, 0.29) is 23.7 Å². The molecule has 1 aromatic heterocycles. The van der Waals surface area contributed by atoms with Crippen molar-refractivity contribution in [3.05, 3.63) is 17.0 Å². The highest BCUT2D eigenvalue weighted by atomic mass is 16.5. The maximum atomic E-state index is 12.1. The standard InChI is InChI=1S/C13H20N4O3/c1-8(2)14-12(18)11-9-7-17(13(19)16(3)4)6-5-10(9)20-15-11/h8H,5-7H2,1-4H3,(H,14,18). The molecular formula is C13H20N4O3. The molecule has 0 aromatic carbocycles. The third-order valence-corrected chi connectivity index (χ3v) is 3.12. The maximum absolute atomic E-state index is 12.1. The van der Waals surface area contributed by atoms with E-state index in [9.17, 15) is 9.59 Å². The number of hydrogen-bond donors (Lipinski definition) is 1. The van der Waals surface area contributed by atoms with Crippen molar-refractivity contribution in [3.63, 3.8) is 0 Å². The number of nitrogens with zero attached hydrogens (tertiary/aromatic N) is 3. The summed E-state index contributed by atoms with van der Waals surface area (Å²) in [5, 5.41) is 6.64. The Hall–Kier alpha value is -2.05. The summed E-state index contributed by atoms with van der Waals surface area (Å²) in [5.41, 5.74) is 0.995. The van der Waals surface area contributed by atoms with Crippen molar-refractivity contribution in [3.8, 4) is 0 Å². The van der Waals surface area contributed by atoms with E-state index in [1.807, 2.05) is 13.8 Å². The Morgan fingerprint density at radius 1 is 1.40 bits per heavy atom. The first-order chi connectivity index (χ1) is 9.40. The van der Waals surface area contributed by atoms with Crippen LogP contribution in [0.2, 0.25) is 0 Å². The monoisotopic (exact) mass is 280 g/mol. The minimum Gasteiger partial charge on any atom is -0.360 e. The second-order valence-electron chi connectivity index (χ2n) is 5.41. The average Bonchev–Trinajstić information content (AvgIpc) is 2.79. The molecule has 0 atom stereocenters. The number of urea groups is 1. The molecule has 2 heterocycles. The quantitative estimate of drug-likeness (QED) is 0.871. The van der Waals surface area contributed by atoms with Crippen molar-refractivity contribution in [2.45, 2.75) is 32.9 Å². The zero-order valence-electron chi connectivity index (χ0n) is 12.3. The predicted octanol–water partition coefficient (Wildman–Crippen LogP) is 0.852. The van der Waals surface area contributed by atoms with Gasteiger partial charge in [-0.2, -0.15) is 0 Å². The van der Waals surface area contributed by atoms with Gasteiger partial charge in [0.2, 0.25) is 0 Å². The Morgan fingerprint density at radius 3 is 2.70 bits per heavy atom. The molecule has 0 radical (unpaired) electrons. The zero-order chi connectivity index (χ0) is 14.9. The Kier molecular flexibility index (Phi) is 3.96. The molecule has 0 fully saturated rings. The Bertz CT molecular complexity index is 522. The van der Waals surface area contributed by atoms with Gasteiger partial charge in [-0.25, -0.2) is 4.79 Å². The largest absolute Gasteiger partial charge is 0.360 e. The molecule has 0 saturated carbocycles. The van der Waals surface area contributed by atoms with Gasteiger partial charge in [-0.1, -0.05) is 5.16 Å². The second-order valence-corrected chi connectivity index (χ2v) is 5.41. The Balaban J connectivity index is 2.20. The van der Waals surface area contributed by atoms with Crippen molar-refractivity contribution in [1.29, 1.82) is 0 Å². The number of fused-ring (bicyclic) bond motifs is 1. The van der Waals surface area contributed by atoms with Gasteiger partial charge in [-0.3, -0.25) is 4.79 Å². The molecule has 0 unspecified atom stereocenters. The smallest absolute Gasteiger partial charge is 0.319 e. The predicted molar refractivity (Wildman–Crippen MR) is 72.3 cm³/mol. The van der Waals surface area contributed by atoms with Gasteiger partial charge in [0.1, 0.15) is 5.76 Å². The number of hydrogen-bond acceptors (Lipinski definition) is 4. The zero-order valence-corrected chi connectivity index (χ0v) is 12.3. The molecule has 0 saturated heterocycles. The summed E-state index contributed by atoms with van der Waals surface area (Å²) in [6.45, 7) is 4.69. The number of nitrogens with one attached hydrogen (secondary N) is 1. The molecule has 1 aromatic rings. The normalized spacial score (nSPS) is 14.2. The average molecular weight is 280 g/mol. The summed E-state index contributed by atoms with van der Waals surface area (Å²) < 4.78 is 5.22. The third-order valence-electron chi connectivity index (χ3n) is 3.12. The van der Waals surface area contributed by atoms with Crippen LogP contribution in [0.1, 0.15) is 35.7 Å². The van der Waals surface area contributed by atoms with Crippen LogP contribution in [0.4, 0.5) is 4.79 Å². The van der Waals surface area contributed by atoms with Crippen LogP contribution >= 0.6 is 0 Å². The van der Waals surface area contributed by atoms with Gasteiger partial charge in [-0.05, 0) is 13.8 Å². The van der Waals surface area contributed by atoms with Crippen LogP contribution in [-0.2, 0) is 13.0 Å². The second kappa shape index (κ2) is 5.52. The number of carbonyl (C=O) groups excluding carboxylic acids is 2. The van der Waals surface area contributed by atoms with Crippen LogP contribution in [0, 0.1) is 0 Å². The summed E-state index contributed by atoms with van der Waals surface area (Å²) in [6, 6.07) is -0.0509. The Morgan fingerprint density at radius 2 is 2.10 bits per heavy atom. The van der Waals surface area contributed by atoms with Crippen molar-refractivity contribution >= 4 is 11.9 Å². The van der Waals surface area contributed by atoms with E-state index in [1.165, 1.54) is 4.90 Å². The first kappa shape index (κ1) is 14.4. The fourth-order valence-electron chi connectivity index (χ4n) is 2.16. The molecule has 1 aliphatic heterocycles. The molecule has 1 N–H and O–H groups in total. The van der Waals surface area contributed by atoms with Gasteiger partial charge < -0.3 is 19.6 Å². The van der Waals surface area contributed by atoms with E-state index < -0.39 is 0 Å². The molecule has 7 heteroatoms. The number of carbonyl (C=O) groups is 2. The molecule has 0 aliphatic carbocycles. The lowest BCUT2D eigenvalue weighted by atomic mass is 10.1. The molecule has 7 nitrogen and oxygen atoms in total. The van der Waals surface area contributed by atoms with Crippen LogP contribution in [0.3, 0.4) is 0 Å². The van der Waals surface area contributed by atoms with Crippen LogP contribution in [-0.4, -0.2) is 53.6 Å². The first-order valence-corrected chi connectivity index (χ1v) is 6.64. The van der Waals surface area contributed by atoms with Crippen molar-refractivity contribution in [2.24, 2.45) is 0 Å². The Labute approximate surface area is 117 Å². The summed E-state index contributed by atoms with van der Waals surface area (Å²) in [6.07, 6.45) is 0.580. The molecule has 3 amide bonds. The van der Waals surface area contributed by atoms with Crippen LogP contribution in [0.5, 0.6) is 0 Å². The molecule has 1 aliphatic rings. The first-order valence-electron chi connectivity index (χ1n) is 6.64.